The van der Waals surface area contributed by atoms with E-state index < -0.39 is 0 Å². The topological polar surface area (TPSA) is 62.2 Å². The third-order valence-corrected chi connectivity index (χ3v) is 5.58. The van der Waals surface area contributed by atoms with Crippen LogP contribution in [-0.4, -0.2) is 28.9 Å². The minimum absolute atomic E-state index is 0.252. The predicted octanol–water partition coefficient (Wildman–Crippen LogP) is 4.90. The van der Waals surface area contributed by atoms with Gasteiger partial charge in [0.05, 0.1) is 17.3 Å². The molecule has 1 saturated heterocycles. The van der Waals surface area contributed by atoms with Crippen molar-refractivity contribution in [2.75, 3.05) is 23.3 Å². The molecule has 30 heavy (non-hydrogen) atoms. The second-order valence-corrected chi connectivity index (χ2v) is 7.95. The molecule has 0 unspecified atom stereocenters. The van der Waals surface area contributed by atoms with Crippen LogP contribution in [0.1, 0.15) is 30.4 Å². The number of nitrogens with zero attached hydrogens (tertiary/aromatic N) is 3. The Morgan fingerprint density at radius 3 is 2.50 bits per heavy atom. The third kappa shape index (κ3) is 5.33. The van der Waals surface area contributed by atoms with E-state index in [1.807, 2.05) is 47.3 Å². The van der Waals surface area contributed by atoms with Crippen LogP contribution in [-0.2, 0) is 13.1 Å². The predicted molar refractivity (Wildman–Crippen MR) is 121 cm³/mol. The summed E-state index contributed by atoms with van der Waals surface area (Å²) in [6.07, 6.45) is 7.38. The molecule has 6 nitrogen and oxygen atoms in total. The van der Waals surface area contributed by atoms with E-state index in [2.05, 4.69) is 32.8 Å². The first-order chi connectivity index (χ1) is 14.7. The number of aromatic nitrogens is 2. The Kier molecular flexibility index (Phi) is 6.54. The molecule has 1 aliphatic heterocycles. The first kappa shape index (κ1) is 20.3. The highest BCUT2D eigenvalue weighted by atomic mass is 35.5. The summed E-state index contributed by atoms with van der Waals surface area (Å²) in [4.78, 5) is 14.6. The first-order valence-corrected chi connectivity index (χ1v) is 10.7. The molecule has 0 saturated carbocycles. The van der Waals surface area contributed by atoms with Crippen molar-refractivity contribution in [3.8, 4) is 0 Å². The van der Waals surface area contributed by atoms with Gasteiger partial charge in [-0.05, 0) is 54.7 Å². The molecule has 0 aliphatic carbocycles. The highest BCUT2D eigenvalue weighted by Crippen LogP contribution is 2.30. The van der Waals surface area contributed by atoms with Crippen molar-refractivity contribution < 1.29 is 4.79 Å². The van der Waals surface area contributed by atoms with Crippen LogP contribution in [0.25, 0.3) is 0 Å². The van der Waals surface area contributed by atoms with E-state index in [9.17, 15) is 4.79 Å². The normalized spacial score (nSPS) is 13.8. The molecule has 0 radical (unpaired) electrons. The van der Waals surface area contributed by atoms with Crippen LogP contribution in [0.4, 0.5) is 16.2 Å². The van der Waals surface area contributed by atoms with E-state index in [0.29, 0.717) is 17.3 Å². The maximum atomic E-state index is 12.3. The van der Waals surface area contributed by atoms with Gasteiger partial charge in [0, 0.05) is 37.7 Å². The van der Waals surface area contributed by atoms with Crippen molar-refractivity contribution in [1.82, 2.24) is 15.1 Å². The number of rotatable bonds is 6. The lowest BCUT2D eigenvalue weighted by atomic mass is 10.1. The van der Waals surface area contributed by atoms with Crippen LogP contribution < -0.4 is 15.5 Å². The van der Waals surface area contributed by atoms with Crippen molar-refractivity contribution >= 4 is 29.0 Å². The summed E-state index contributed by atoms with van der Waals surface area (Å²) in [5, 5.41) is 10.6. The molecule has 156 valence electrons. The van der Waals surface area contributed by atoms with E-state index in [4.69, 9.17) is 11.6 Å². The molecule has 2 amide bonds. The Labute approximate surface area is 181 Å². The molecule has 0 spiro atoms. The Morgan fingerprint density at radius 2 is 1.80 bits per heavy atom. The first-order valence-electron chi connectivity index (χ1n) is 10.3. The van der Waals surface area contributed by atoms with Gasteiger partial charge in [-0.15, -0.1) is 0 Å². The number of piperidine rings is 1. The molecular weight excluding hydrogens is 398 g/mol. The minimum atomic E-state index is -0.252. The molecule has 1 aliphatic rings. The van der Waals surface area contributed by atoms with Gasteiger partial charge in [0.1, 0.15) is 0 Å². The number of hydrogen-bond acceptors (Lipinski definition) is 3. The van der Waals surface area contributed by atoms with Gasteiger partial charge in [-0.2, -0.15) is 5.10 Å². The molecule has 1 fully saturated rings. The van der Waals surface area contributed by atoms with Gasteiger partial charge < -0.3 is 15.5 Å². The summed E-state index contributed by atoms with van der Waals surface area (Å²) in [5.41, 5.74) is 3.92. The van der Waals surface area contributed by atoms with Crippen molar-refractivity contribution in [1.29, 1.82) is 0 Å². The second kappa shape index (κ2) is 9.67. The number of benzene rings is 2. The number of hydrogen-bond donors (Lipinski definition) is 2. The largest absolute Gasteiger partial charge is 0.370 e. The summed E-state index contributed by atoms with van der Waals surface area (Å²) < 4.78 is 1.88. The molecule has 1 aromatic heterocycles. The van der Waals surface area contributed by atoms with Crippen molar-refractivity contribution in [3.05, 3.63) is 77.1 Å². The summed E-state index contributed by atoms with van der Waals surface area (Å²) >= 11 is 6.47. The van der Waals surface area contributed by atoms with E-state index in [0.717, 1.165) is 36.4 Å². The third-order valence-electron chi connectivity index (χ3n) is 5.28. The van der Waals surface area contributed by atoms with Gasteiger partial charge in [-0.25, -0.2) is 4.79 Å². The molecule has 3 aromatic rings. The molecule has 0 bridgehead atoms. The van der Waals surface area contributed by atoms with Crippen molar-refractivity contribution in [2.24, 2.45) is 0 Å². The quantitative estimate of drug-likeness (QED) is 0.593. The lowest BCUT2D eigenvalue weighted by Crippen LogP contribution is -2.30. The lowest BCUT2D eigenvalue weighted by molar-refractivity contribution is 0.251. The summed E-state index contributed by atoms with van der Waals surface area (Å²) in [6.45, 7) is 3.25. The Morgan fingerprint density at radius 1 is 1.03 bits per heavy atom. The van der Waals surface area contributed by atoms with Gasteiger partial charge in [-0.1, -0.05) is 35.9 Å². The van der Waals surface area contributed by atoms with E-state index >= 15 is 0 Å². The van der Waals surface area contributed by atoms with E-state index in [-0.39, 0.29) is 6.03 Å². The highest BCUT2D eigenvalue weighted by Gasteiger charge is 2.14. The molecule has 2 N–H and O–H groups in total. The van der Waals surface area contributed by atoms with Crippen molar-refractivity contribution in [2.45, 2.75) is 32.4 Å². The molecule has 0 atom stereocenters. The monoisotopic (exact) mass is 423 g/mol. The zero-order valence-corrected chi connectivity index (χ0v) is 17.6. The minimum Gasteiger partial charge on any atom is -0.370 e. The van der Waals surface area contributed by atoms with Gasteiger partial charge >= 0.3 is 6.03 Å². The average molecular weight is 424 g/mol. The number of anilines is 2. The van der Waals surface area contributed by atoms with E-state index in [1.165, 1.54) is 19.3 Å². The summed E-state index contributed by atoms with van der Waals surface area (Å²) in [5.74, 6) is 0. The smallest absolute Gasteiger partial charge is 0.319 e. The van der Waals surface area contributed by atoms with Crippen LogP contribution in [0.15, 0.2) is 60.9 Å². The molecule has 2 heterocycles. The number of nitrogens with one attached hydrogen (secondary N) is 2. The van der Waals surface area contributed by atoms with Gasteiger partial charge in [0.2, 0.25) is 0 Å². The second-order valence-electron chi connectivity index (χ2n) is 7.54. The summed E-state index contributed by atoms with van der Waals surface area (Å²) in [7, 11) is 0. The maximum Gasteiger partial charge on any atom is 0.319 e. The maximum absolute atomic E-state index is 12.3. The van der Waals surface area contributed by atoms with Crippen LogP contribution in [0, 0.1) is 0 Å². The van der Waals surface area contributed by atoms with Crippen LogP contribution >= 0.6 is 11.6 Å². The average Bonchev–Trinajstić information content (AvgIpc) is 3.27. The summed E-state index contributed by atoms with van der Waals surface area (Å²) in [6, 6.07) is 15.5. The van der Waals surface area contributed by atoms with Gasteiger partial charge in [0.25, 0.3) is 0 Å². The van der Waals surface area contributed by atoms with Crippen LogP contribution in [0.5, 0.6) is 0 Å². The van der Waals surface area contributed by atoms with Crippen LogP contribution in [0.3, 0.4) is 0 Å². The fraction of sp³-hybridized carbons (Fsp3) is 0.304. The van der Waals surface area contributed by atoms with E-state index in [1.54, 1.807) is 6.20 Å². The zero-order valence-electron chi connectivity index (χ0n) is 16.9. The number of urea groups is 1. The standard InChI is InChI=1S/C23H26ClN5O/c24-21-15-20(9-10-22(21)28-12-2-1-3-13-28)27-23(30)25-16-18-5-7-19(8-6-18)17-29-14-4-11-26-29/h4-11,14-15H,1-3,12-13,16-17H2,(H2,25,27,30). The Bertz CT molecular complexity index is 966. The van der Waals surface area contributed by atoms with Gasteiger partial charge in [0.15, 0.2) is 0 Å². The Balaban J connectivity index is 1.27. The van der Waals surface area contributed by atoms with Gasteiger partial charge in [-0.3, -0.25) is 4.68 Å². The van der Waals surface area contributed by atoms with Crippen LogP contribution in [0.2, 0.25) is 5.02 Å². The van der Waals surface area contributed by atoms with Crippen molar-refractivity contribution in [3.63, 3.8) is 0 Å². The number of carbonyl (C=O) groups is 1. The lowest BCUT2D eigenvalue weighted by Gasteiger charge is -2.29. The number of halogens is 1. The number of amides is 2. The molecule has 7 heteroatoms. The highest BCUT2D eigenvalue weighted by molar-refractivity contribution is 6.33. The fourth-order valence-corrected chi connectivity index (χ4v) is 3.98. The number of carbonyl (C=O) groups excluding carboxylic acids is 1. The SMILES string of the molecule is O=C(NCc1ccc(Cn2cccn2)cc1)Nc1ccc(N2CCCCC2)c(Cl)c1. The fourth-order valence-electron chi connectivity index (χ4n) is 3.68. The Hall–Kier alpha value is -2.99. The molecule has 4 rings (SSSR count). The molecular formula is C23H26ClN5O. The molecule has 2 aromatic carbocycles. The zero-order chi connectivity index (χ0) is 20.8.